The Kier molecular flexibility index (Phi) is 5.56. The number of para-hydroxylation sites is 2. The number of rotatable bonds is 6. The monoisotopic (exact) mass is 365 g/mol. The third-order valence-corrected chi connectivity index (χ3v) is 4.37. The standard InChI is InChI=1S/C19H15N3O3S/c20-10-14(18(24)21-11-13-6-2-1-3-7-13)16(23)12-26-19-22-15-8-4-5-9-17(15)25-19/h1-9,23H,11-12H2,(H,21,24). The van der Waals surface area contributed by atoms with E-state index in [0.29, 0.717) is 16.3 Å². The topological polar surface area (TPSA) is 99.2 Å². The van der Waals surface area contributed by atoms with Gasteiger partial charge in [-0.15, -0.1) is 0 Å². The molecule has 1 heterocycles. The molecular formula is C19H15N3O3S. The summed E-state index contributed by atoms with van der Waals surface area (Å²) in [5.74, 6) is -0.925. The molecule has 130 valence electrons. The first-order valence-electron chi connectivity index (χ1n) is 7.80. The molecule has 6 nitrogen and oxygen atoms in total. The summed E-state index contributed by atoms with van der Waals surface area (Å²) < 4.78 is 5.53. The van der Waals surface area contributed by atoms with Gasteiger partial charge in [0, 0.05) is 6.54 Å². The fraction of sp³-hybridized carbons (Fsp3) is 0.105. The quantitative estimate of drug-likeness (QED) is 0.300. The zero-order valence-corrected chi connectivity index (χ0v) is 14.5. The fourth-order valence-corrected chi connectivity index (χ4v) is 2.94. The van der Waals surface area contributed by atoms with E-state index in [2.05, 4.69) is 10.3 Å². The van der Waals surface area contributed by atoms with E-state index in [-0.39, 0.29) is 23.6 Å². The second kappa shape index (κ2) is 8.23. The molecule has 0 fully saturated rings. The number of hydrogen-bond acceptors (Lipinski definition) is 6. The summed E-state index contributed by atoms with van der Waals surface area (Å²) in [5.41, 5.74) is 1.93. The van der Waals surface area contributed by atoms with Gasteiger partial charge in [-0.05, 0) is 17.7 Å². The number of amides is 1. The highest BCUT2D eigenvalue weighted by atomic mass is 32.2. The summed E-state index contributed by atoms with van der Waals surface area (Å²) in [4.78, 5) is 16.4. The van der Waals surface area contributed by atoms with Gasteiger partial charge in [0.05, 0.1) is 5.75 Å². The minimum Gasteiger partial charge on any atom is -0.510 e. The Balaban J connectivity index is 1.63. The Morgan fingerprint density at radius 3 is 2.65 bits per heavy atom. The first kappa shape index (κ1) is 17.6. The van der Waals surface area contributed by atoms with Gasteiger partial charge in [-0.2, -0.15) is 5.26 Å². The molecule has 3 aromatic rings. The molecule has 0 aliphatic heterocycles. The van der Waals surface area contributed by atoms with Crippen LogP contribution < -0.4 is 5.32 Å². The van der Waals surface area contributed by atoms with Crippen LogP contribution in [0.2, 0.25) is 0 Å². The van der Waals surface area contributed by atoms with Crippen molar-refractivity contribution in [2.75, 3.05) is 5.75 Å². The molecule has 1 amide bonds. The summed E-state index contributed by atoms with van der Waals surface area (Å²) in [5, 5.41) is 22.3. The van der Waals surface area contributed by atoms with Gasteiger partial charge in [0.1, 0.15) is 17.3 Å². The van der Waals surface area contributed by atoms with Crippen LogP contribution in [0.15, 0.2) is 75.6 Å². The van der Waals surface area contributed by atoms with Crippen molar-refractivity contribution < 1.29 is 14.3 Å². The van der Waals surface area contributed by atoms with Crippen LogP contribution in [0.4, 0.5) is 0 Å². The number of aliphatic hydroxyl groups is 1. The Labute approximate surface area is 154 Å². The van der Waals surface area contributed by atoms with Gasteiger partial charge in [-0.25, -0.2) is 4.98 Å². The van der Waals surface area contributed by atoms with E-state index in [1.165, 1.54) is 0 Å². The number of hydrogen-bond donors (Lipinski definition) is 2. The number of oxazole rings is 1. The number of nitriles is 1. The van der Waals surface area contributed by atoms with Gasteiger partial charge in [0.25, 0.3) is 11.1 Å². The lowest BCUT2D eigenvalue weighted by atomic mass is 10.2. The highest BCUT2D eigenvalue weighted by Gasteiger charge is 2.16. The van der Waals surface area contributed by atoms with Crippen LogP contribution in [0.3, 0.4) is 0 Å². The van der Waals surface area contributed by atoms with Crippen molar-refractivity contribution in [1.29, 1.82) is 5.26 Å². The van der Waals surface area contributed by atoms with Crippen molar-refractivity contribution in [3.63, 3.8) is 0 Å². The molecule has 2 N–H and O–H groups in total. The molecule has 1 aromatic heterocycles. The highest BCUT2D eigenvalue weighted by Crippen LogP contribution is 2.24. The number of nitrogens with one attached hydrogen (secondary N) is 1. The predicted molar refractivity (Wildman–Crippen MR) is 98.3 cm³/mol. The van der Waals surface area contributed by atoms with Crippen molar-refractivity contribution in [3.8, 4) is 6.07 Å². The summed E-state index contributed by atoms with van der Waals surface area (Å²) >= 11 is 1.11. The number of thioether (sulfide) groups is 1. The van der Waals surface area contributed by atoms with Crippen molar-refractivity contribution in [1.82, 2.24) is 10.3 Å². The lowest BCUT2D eigenvalue weighted by Crippen LogP contribution is -2.25. The number of fused-ring (bicyclic) bond motifs is 1. The van der Waals surface area contributed by atoms with Gasteiger partial charge in [0.2, 0.25) is 0 Å². The van der Waals surface area contributed by atoms with Gasteiger partial charge < -0.3 is 14.8 Å². The van der Waals surface area contributed by atoms with Gasteiger partial charge >= 0.3 is 0 Å². The molecule has 0 aliphatic carbocycles. The lowest BCUT2D eigenvalue weighted by molar-refractivity contribution is -0.117. The smallest absolute Gasteiger partial charge is 0.265 e. The van der Waals surface area contributed by atoms with Crippen molar-refractivity contribution in [3.05, 3.63) is 71.5 Å². The van der Waals surface area contributed by atoms with Crippen LogP contribution in [0, 0.1) is 11.3 Å². The molecule has 0 saturated heterocycles. The highest BCUT2D eigenvalue weighted by molar-refractivity contribution is 7.99. The number of nitrogens with zero attached hydrogens (tertiary/aromatic N) is 2. The van der Waals surface area contributed by atoms with E-state index in [1.54, 1.807) is 12.1 Å². The lowest BCUT2D eigenvalue weighted by Gasteiger charge is -2.06. The zero-order valence-electron chi connectivity index (χ0n) is 13.7. The molecule has 0 bridgehead atoms. The van der Waals surface area contributed by atoms with Crippen molar-refractivity contribution >= 4 is 28.8 Å². The van der Waals surface area contributed by atoms with Crippen LogP contribution in [-0.4, -0.2) is 21.8 Å². The Bertz CT molecular complexity index is 957. The fourth-order valence-electron chi connectivity index (χ4n) is 2.23. The SMILES string of the molecule is N#CC(C(=O)NCc1ccccc1)=C(O)CSc1nc2ccccc2o1. The van der Waals surface area contributed by atoms with Crippen LogP contribution in [0.1, 0.15) is 5.56 Å². The van der Waals surface area contributed by atoms with E-state index >= 15 is 0 Å². The van der Waals surface area contributed by atoms with Crippen LogP contribution in [0.5, 0.6) is 0 Å². The molecule has 0 saturated carbocycles. The summed E-state index contributed by atoms with van der Waals surface area (Å²) in [6, 6.07) is 18.4. The summed E-state index contributed by atoms with van der Waals surface area (Å²) in [6.45, 7) is 0.274. The number of aromatic nitrogens is 1. The summed E-state index contributed by atoms with van der Waals surface area (Å²) in [6.07, 6.45) is 0. The third kappa shape index (κ3) is 4.23. The average molecular weight is 365 g/mol. The van der Waals surface area contributed by atoms with Crippen molar-refractivity contribution in [2.45, 2.75) is 11.8 Å². The van der Waals surface area contributed by atoms with E-state index in [1.807, 2.05) is 48.5 Å². The average Bonchev–Trinajstić information content (AvgIpc) is 3.09. The van der Waals surface area contributed by atoms with E-state index in [4.69, 9.17) is 4.42 Å². The number of carbonyl (C=O) groups is 1. The minimum absolute atomic E-state index is 0.00840. The normalized spacial score (nSPS) is 11.7. The molecule has 0 atom stereocenters. The van der Waals surface area contributed by atoms with E-state index in [0.717, 1.165) is 17.3 Å². The summed E-state index contributed by atoms with van der Waals surface area (Å²) in [7, 11) is 0. The second-order valence-corrected chi connectivity index (χ2v) is 6.26. The van der Waals surface area contributed by atoms with E-state index < -0.39 is 5.91 Å². The third-order valence-electron chi connectivity index (χ3n) is 3.53. The molecule has 0 aliphatic rings. The molecule has 0 unspecified atom stereocenters. The molecule has 26 heavy (non-hydrogen) atoms. The Morgan fingerprint density at radius 2 is 1.92 bits per heavy atom. The minimum atomic E-state index is -0.619. The maximum atomic E-state index is 12.1. The Morgan fingerprint density at radius 1 is 1.19 bits per heavy atom. The molecular weight excluding hydrogens is 350 g/mol. The second-order valence-electron chi connectivity index (χ2n) is 5.34. The molecule has 2 aromatic carbocycles. The number of benzene rings is 2. The maximum Gasteiger partial charge on any atom is 0.265 e. The molecule has 7 heteroatoms. The van der Waals surface area contributed by atoms with Crippen LogP contribution in [0.25, 0.3) is 11.1 Å². The van der Waals surface area contributed by atoms with Gasteiger partial charge in [-0.3, -0.25) is 4.79 Å². The first-order chi connectivity index (χ1) is 12.7. The van der Waals surface area contributed by atoms with Gasteiger partial charge in [-0.1, -0.05) is 54.2 Å². The van der Waals surface area contributed by atoms with Crippen LogP contribution in [-0.2, 0) is 11.3 Å². The van der Waals surface area contributed by atoms with Gasteiger partial charge in [0.15, 0.2) is 11.2 Å². The number of aliphatic hydroxyl groups excluding tert-OH is 1. The predicted octanol–water partition coefficient (Wildman–Crippen LogP) is 3.57. The largest absolute Gasteiger partial charge is 0.510 e. The zero-order chi connectivity index (χ0) is 18.4. The van der Waals surface area contributed by atoms with Crippen LogP contribution >= 0.6 is 11.8 Å². The van der Waals surface area contributed by atoms with Crippen molar-refractivity contribution in [2.24, 2.45) is 0 Å². The van der Waals surface area contributed by atoms with E-state index in [9.17, 15) is 15.2 Å². The molecule has 0 spiro atoms. The number of carbonyl (C=O) groups excluding carboxylic acids is 1. The maximum absolute atomic E-state index is 12.1. The Hall–Kier alpha value is -3.24. The first-order valence-corrected chi connectivity index (χ1v) is 8.78. The molecule has 0 radical (unpaired) electrons. The molecule has 3 rings (SSSR count).